The van der Waals surface area contributed by atoms with E-state index in [0.717, 1.165) is 28.7 Å². The quantitative estimate of drug-likeness (QED) is 0.136. The maximum Gasteiger partial charge on any atom is 0.237 e. The molecule has 4 aromatic carbocycles. The van der Waals surface area contributed by atoms with Crippen molar-refractivity contribution in [3.05, 3.63) is 144 Å². The van der Waals surface area contributed by atoms with E-state index in [1.165, 1.54) is 0 Å². The summed E-state index contributed by atoms with van der Waals surface area (Å²) in [5.41, 5.74) is 4.30. The first-order valence-corrected chi connectivity index (χ1v) is 15.6. The van der Waals surface area contributed by atoms with Crippen LogP contribution in [0.4, 0.5) is 0 Å². The van der Waals surface area contributed by atoms with E-state index in [2.05, 4.69) is 40.2 Å². The van der Waals surface area contributed by atoms with Gasteiger partial charge in [-0.25, -0.2) is 0 Å². The highest BCUT2D eigenvalue weighted by Crippen LogP contribution is 2.24. The number of nitrogens with one attached hydrogen (secondary N) is 3. The van der Waals surface area contributed by atoms with E-state index in [9.17, 15) is 14.7 Å². The van der Waals surface area contributed by atoms with Gasteiger partial charge in [0.1, 0.15) is 0 Å². The van der Waals surface area contributed by atoms with Crippen LogP contribution in [0.5, 0.6) is 0 Å². The Labute approximate surface area is 261 Å². The summed E-state index contributed by atoms with van der Waals surface area (Å²) in [5.74, 6) is -0.306. The smallest absolute Gasteiger partial charge is 0.237 e. The molecule has 0 saturated heterocycles. The zero-order valence-corrected chi connectivity index (χ0v) is 25.7. The fourth-order valence-electron chi connectivity index (χ4n) is 5.41. The lowest BCUT2D eigenvalue weighted by atomic mass is 9.93. The normalized spacial score (nSPS) is 13.3. The molecule has 0 radical (unpaired) electrons. The number of amides is 2. The highest BCUT2D eigenvalue weighted by atomic mass is 16.3. The zero-order valence-electron chi connectivity index (χ0n) is 25.7. The summed E-state index contributed by atoms with van der Waals surface area (Å²) in [6.07, 6.45) is 0.720. The van der Waals surface area contributed by atoms with Crippen LogP contribution >= 0.6 is 0 Å². The van der Waals surface area contributed by atoms with Crippen molar-refractivity contribution in [1.82, 2.24) is 16.0 Å². The fourth-order valence-corrected chi connectivity index (χ4v) is 5.41. The van der Waals surface area contributed by atoms with Crippen LogP contribution in [0.25, 0.3) is 0 Å². The van der Waals surface area contributed by atoms with Crippen molar-refractivity contribution >= 4 is 11.8 Å². The number of carbonyl (C=O) groups is 2. The Hall–Kier alpha value is -4.26. The molecule has 0 aliphatic rings. The molecule has 44 heavy (non-hydrogen) atoms. The number of hydrogen-bond donors (Lipinski definition) is 4. The van der Waals surface area contributed by atoms with Crippen LogP contribution in [0.15, 0.2) is 121 Å². The molecule has 0 aromatic heterocycles. The second kappa shape index (κ2) is 17.1. The molecular formula is C38H45N3O3. The minimum Gasteiger partial charge on any atom is -0.391 e. The molecule has 2 amide bonds. The Bertz CT molecular complexity index is 1360. The number of rotatable bonds is 16. The average molecular weight is 592 g/mol. The first-order chi connectivity index (χ1) is 21.4. The van der Waals surface area contributed by atoms with Gasteiger partial charge in [0.25, 0.3) is 0 Å². The van der Waals surface area contributed by atoms with E-state index >= 15 is 0 Å². The number of aliphatic hydroxyl groups excluding tert-OH is 1. The molecule has 4 aromatic rings. The predicted octanol–water partition coefficient (Wildman–Crippen LogP) is 5.62. The van der Waals surface area contributed by atoms with Crippen molar-refractivity contribution in [2.45, 2.75) is 63.8 Å². The Morgan fingerprint density at radius 2 is 1.20 bits per heavy atom. The summed E-state index contributed by atoms with van der Waals surface area (Å²) in [5, 5.41) is 21.1. The molecule has 4 rings (SSSR count). The Morgan fingerprint density at radius 1 is 0.705 bits per heavy atom. The minimum absolute atomic E-state index is 0.0187. The molecule has 0 aliphatic heterocycles. The van der Waals surface area contributed by atoms with E-state index < -0.39 is 18.2 Å². The maximum absolute atomic E-state index is 13.9. The van der Waals surface area contributed by atoms with Crippen LogP contribution in [0.3, 0.4) is 0 Å². The second-order valence-corrected chi connectivity index (χ2v) is 11.6. The number of benzene rings is 4. The van der Waals surface area contributed by atoms with Crippen molar-refractivity contribution in [3.63, 3.8) is 0 Å². The summed E-state index contributed by atoms with van der Waals surface area (Å²) in [6, 6.07) is 38.8. The van der Waals surface area contributed by atoms with E-state index in [1.54, 1.807) is 0 Å². The van der Waals surface area contributed by atoms with Gasteiger partial charge in [-0.05, 0) is 47.4 Å². The summed E-state index contributed by atoms with van der Waals surface area (Å²) in [6.45, 7) is 4.58. The molecule has 230 valence electrons. The van der Waals surface area contributed by atoms with Crippen molar-refractivity contribution < 1.29 is 14.7 Å². The van der Waals surface area contributed by atoms with Crippen LogP contribution in [0, 0.1) is 5.92 Å². The van der Waals surface area contributed by atoms with Gasteiger partial charge in [-0.15, -0.1) is 0 Å². The predicted molar refractivity (Wildman–Crippen MR) is 177 cm³/mol. The first-order valence-electron chi connectivity index (χ1n) is 15.6. The van der Waals surface area contributed by atoms with E-state index in [4.69, 9.17) is 0 Å². The lowest BCUT2D eigenvalue weighted by Crippen LogP contribution is -2.54. The largest absolute Gasteiger partial charge is 0.391 e. The maximum atomic E-state index is 13.9. The third-order valence-electron chi connectivity index (χ3n) is 7.90. The summed E-state index contributed by atoms with van der Waals surface area (Å²) in [4.78, 5) is 26.5. The van der Waals surface area contributed by atoms with Gasteiger partial charge in [-0.1, -0.05) is 135 Å². The van der Waals surface area contributed by atoms with Crippen LogP contribution in [0.1, 0.15) is 55.0 Å². The third-order valence-corrected chi connectivity index (χ3v) is 7.90. The summed E-state index contributed by atoms with van der Waals surface area (Å²) < 4.78 is 0. The molecule has 4 N–H and O–H groups in total. The van der Waals surface area contributed by atoms with Crippen molar-refractivity contribution in [3.8, 4) is 0 Å². The second-order valence-electron chi connectivity index (χ2n) is 11.6. The van der Waals surface area contributed by atoms with Gasteiger partial charge >= 0.3 is 0 Å². The van der Waals surface area contributed by atoms with Crippen LogP contribution in [-0.4, -0.2) is 41.7 Å². The van der Waals surface area contributed by atoms with Crippen LogP contribution in [-0.2, 0) is 22.4 Å². The Balaban J connectivity index is 1.43. The number of carbonyl (C=O) groups excluding carboxylic acids is 2. The summed E-state index contributed by atoms with van der Waals surface area (Å²) in [7, 11) is 0. The lowest BCUT2D eigenvalue weighted by molar-refractivity contribution is -0.126. The lowest BCUT2D eigenvalue weighted by Gasteiger charge is -2.31. The molecule has 1 unspecified atom stereocenters. The highest BCUT2D eigenvalue weighted by molar-refractivity contribution is 5.82. The van der Waals surface area contributed by atoms with E-state index in [1.807, 2.05) is 111 Å². The van der Waals surface area contributed by atoms with E-state index in [-0.39, 0.29) is 36.6 Å². The molecule has 0 fully saturated rings. The average Bonchev–Trinajstić information content (AvgIpc) is 3.05. The van der Waals surface area contributed by atoms with E-state index in [0.29, 0.717) is 13.0 Å². The molecule has 0 spiro atoms. The van der Waals surface area contributed by atoms with Crippen molar-refractivity contribution in [2.24, 2.45) is 5.92 Å². The van der Waals surface area contributed by atoms with Crippen LogP contribution < -0.4 is 16.0 Å². The van der Waals surface area contributed by atoms with Gasteiger partial charge in [0.2, 0.25) is 11.8 Å². The number of aliphatic hydroxyl groups is 1. The molecule has 0 heterocycles. The molecule has 0 bridgehead atoms. The third kappa shape index (κ3) is 10.2. The van der Waals surface area contributed by atoms with Crippen molar-refractivity contribution in [2.75, 3.05) is 6.54 Å². The zero-order chi connectivity index (χ0) is 31.1. The molecule has 0 saturated carbocycles. The molecule has 3 atom stereocenters. The number of hydrogen-bond acceptors (Lipinski definition) is 4. The molecule has 0 aliphatic carbocycles. The van der Waals surface area contributed by atoms with Gasteiger partial charge in [-0.2, -0.15) is 0 Å². The Morgan fingerprint density at radius 3 is 1.73 bits per heavy atom. The van der Waals surface area contributed by atoms with Gasteiger partial charge < -0.3 is 15.7 Å². The van der Waals surface area contributed by atoms with Gasteiger partial charge in [0.05, 0.1) is 24.2 Å². The SMILES string of the molecule is CC(C)C(NC(c1ccccc1)c1ccccc1)C(=O)N[C@@H](Cc1ccccc1)[C@@H](O)CCC(=O)NCCc1ccccc1. The van der Waals surface area contributed by atoms with Crippen LogP contribution in [0.2, 0.25) is 0 Å². The topological polar surface area (TPSA) is 90.5 Å². The fraction of sp³-hybridized carbons (Fsp3) is 0.316. The Kier molecular flexibility index (Phi) is 12.7. The molecular weight excluding hydrogens is 546 g/mol. The molecule has 6 heteroatoms. The van der Waals surface area contributed by atoms with Crippen molar-refractivity contribution in [1.29, 1.82) is 0 Å². The van der Waals surface area contributed by atoms with Gasteiger partial charge in [0, 0.05) is 13.0 Å². The summed E-state index contributed by atoms with van der Waals surface area (Å²) >= 11 is 0. The van der Waals surface area contributed by atoms with Gasteiger partial charge in [-0.3, -0.25) is 14.9 Å². The first kappa shape index (κ1) is 32.6. The highest BCUT2D eigenvalue weighted by Gasteiger charge is 2.30. The standard InChI is InChI=1S/C38H45N3O3/c1-28(2)36(41-37(31-19-11-5-12-20-31)32-21-13-6-14-22-32)38(44)40-33(27-30-17-9-4-10-18-30)34(42)23-24-35(43)39-26-25-29-15-7-3-8-16-29/h3-22,28,33-34,36-37,41-42H,23-27H2,1-2H3,(H,39,43)(H,40,44)/t33-,34-,36?/m0/s1. The van der Waals surface area contributed by atoms with Gasteiger partial charge in [0.15, 0.2) is 0 Å². The monoisotopic (exact) mass is 591 g/mol. The minimum atomic E-state index is -0.897. The molecule has 6 nitrogen and oxygen atoms in total.